The molecule has 0 rings (SSSR count). The second-order valence-electron chi connectivity index (χ2n) is 19.9. The van der Waals surface area contributed by atoms with E-state index in [1.165, 1.54) is 199 Å². The first-order valence-electron chi connectivity index (χ1n) is 29.7. The van der Waals surface area contributed by atoms with Crippen LogP contribution in [0.5, 0.6) is 0 Å². The lowest BCUT2D eigenvalue weighted by atomic mass is 10.1. The normalized spacial score (nSPS) is 12.3. The highest BCUT2D eigenvalue weighted by atomic mass is 16.6. The molecule has 0 saturated carbocycles. The van der Waals surface area contributed by atoms with Gasteiger partial charge in [-0.25, -0.2) is 0 Å². The zero-order valence-electron chi connectivity index (χ0n) is 45.4. The lowest BCUT2D eigenvalue weighted by Crippen LogP contribution is -2.30. The van der Waals surface area contributed by atoms with Crippen LogP contribution in [0.4, 0.5) is 0 Å². The minimum absolute atomic E-state index is 0.0796. The van der Waals surface area contributed by atoms with E-state index in [0.717, 1.165) is 70.6 Å². The predicted octanol–water partition coefficient (Wildman–Crippen LogP) is 19.8. The summed E-state index contributed by atoms with van der Waals surface area (Å²) >= 11 is 0. The average Bonchev–Trinajstić information content (AvgIpc) is 3.34. The van der Waals surface area contributed by atoms with E-state index < -0.39 is 6.10 Å². The van der Waals surface area contributed by atoms with E-state index in [4.69, 9.17) is 14.2 Å². The molecule has 0 radical (unpaired) electrons. The number of carbonyl (C=O) groups is 3. The Balaban J connectivity index is 4.37. The number of esters is 3. The van der Waals surface area contributed by atoms with E-state index in [2.05, 4.69) is 69.4 Å². The van der Waals surface area contributed by atoms with Crippen LogP contribution in [0.3, 0.4) is 0 Å². The molecule has 68 heavy (non-hydrogen) atoms. The lowest BCUT2D eigenvalue weighted by molar-refractivity contribution is -0.167. The van der Waals surface area contributed by atoms with E-state index in [-0.39, 0.29) is 31.1 Å². The Morgan fingerprint density at radius 1 is 0.294 bits per heavy atom. The van der Waals surface area contributed by atoms with Crippen molar-refractivity contribution in [3.05, 3.63) is 48.6 Å². The Hall–Kier alpha value is -2.63. The molecule has 0 aliphatic heterocycles. The largest absolute Gasteiger partial charge is 0.462 e. The fraction of sp³-hybridized carbons (Fsp3) is 0.823. The number of ether oxygens (including phenoxy) is 3. The molecule has 396 valence electrons. The third kappa shape index (κ3) is 54.3. The van der Waals surface area contributed by atoms with Crippen molar-refractivity contribution in [2.24, 2.45) is 0 Å². The average molecular weight is 954 g/mol. The standard InChI is InChI=1S/C62H112O6/c1-4-7-10-13-16-19-22-25-28-30-31-33-34-37-40-43-46-49-52-55-61(64)67-58-59(57-66-60(63)54-51-48-45-42-39-36-27-24-21-18-15-12-9-6-3)68-62(65)56-53-50-47-44-41-38-35-32-29-26-23-20-17-14-11-8-5-2/h16,19,22,25-26,29,36,39,59H,4-15,17-18,20-21,23-24,27-28,30-35,37-38,40-58H2,1-3H3/b19-16-,25-22-,29-26-,39-36-. The van der Waals surface area contributed by atoms with Gasteiger partial charge < -0.3 is 14.2 Å². The number of hydrogen-bond acceptors (Lipinski definition) is 6. The highest BCUT2D eigenvalue weighted by Crippen LogP contribution is 2.16. The van der Waals surface area contributed by atoms with Crippen LogP contribution in [-0.4, -0.2) is 37.2 Å². The lowest BCUT2D eigenvalue weighted by Gasteiger charge is -2.18. The minimum atomic E-state index is -0.782. The molecule has 1 atom stereocenters. The third-order valence-corrected chi connectivity index (χ3v) is 13.1. The van der Waals surface area contributed by atoms with E-state index >= 15 is 0 Å². The van der Waals surface area contributed by atoms with Crippen molar-refractivity contribution in [1.82, 2.24) is 0 Å². The number of rotatable bonds is 54. The Kier molecular flexibility index (Phi) is 54.8. The van der Waals surface area contributed by atoms with Gasteiger partial charge in [0.1, 0.15) is 13.2 Å². The van der Waals surface area contributed by atoms with Gasteiger partial charge in [0.05, 0.1) is 0 Å². The number of hydrogen-bond donors (Lipinski definition) is 0. The molecule has 0 bridgehead atoms. The van der Waals surface area contributed by atoms with Gasteiger partial charge >= 0.3 is 17.9 Å². The van der Waals surface area contributed by atoms with Gasteiger partial charge in [-0.15, -0.1) is 0 Å². The van der Waals surface area contributed by atoms with E-state index in [0.29, 0.717) is 19.3 Å². The smallest absolute Gasteiger partial charge is 0.306 e. The highest BCUT2D eigenvalue weighted by Gasteiger charge is 2.19. The number of unbranched alkanes of at least 4 members (excludes halogenated alkanes) is 36. The highest BCUT2D eigenvalue weighted by molar-refractivity contribution is 5.71. The molecule has 0 heterocycles. The Morgan fingerprint density at radius 2 is 0.529 bits per heavy atom. The van der Waals surface area contributed by atoms with E-state index in [9.17, 15) is 14.4 Å². The number of carbonyl (C=O) groups excluding carboxylic acids is 3. The summed E-state index contributed by atoms with van der Waals surface area (Å²) in [4.78, 5) is 38.2. The van der Waals surface area contributed by atoms with E-state index in [1.54, 1.807) is 0 Å². The first kappa shape index (κ1) is 65.4. The quantitative estimate of drug-likeness (QED) is 0.0199. The second-order valence-corrected chi connectivity index (χ2v) is 19.9. The molecule has 0 aliphatic rings. The van der Waals surface area contributed by atoms with Crippen LogP contribution in [0, 0.1) is 0 Å². The summed E-state index contributed by atoms with van der Waals surface area (Å²) < 4.78 is 16.9. The van der Waals surface area contributed by atoms with Crippen molar-refractivity contribution in [1.29, 1.82) is 0 Å². The molecule has 0 fully saturated rings. The zero-order chi connectivity index (χ0) is 49.3. The summed E-state index contributed by atoms with van der Waals surface area (Å²) in [6.07, 6.45) is 69.6. The molecule has 0 aromatic rings. The Bertz CT molecular complexity index is 1190. The van der Waals surface area contributed by atoms with Crippen molar-refractivity contribution in [3.8, 4) is 0 Å². The molecule has 0 amide bonds. The van der Waals surface area contributed by atoms with Gasteiger partial charge in [-0.2, -0.15) is 0 Å². The van der Waals surface area contributed by atoms with E-state index in [1.807, 2.05) is 0 Å². The fourth-order valence-corrected chi connectivity index (χ4v) is 8.54. The van der Waals surface area contributed by atoms with Crippen LogP contribution < -0.4 is 0 Å². The van der Waals surface area contributed by atoms with Gasteiger partial charge in [-0.3, -0.25) is 14.4 Å². The van der Waals surface area contributed by atoms with Gasteiger partial charge in [0, 0.05) is 19.3 Å². The predicted molar refractivity (Wildman–Crippen MR) is 293 cm³/mol. The van der Waals surface area contributed by atoms with Crippen molar-refractivity contribution in [2.45, 2.75) is 316 Å². The van der Waals surface area contributed by atoms with Crippen molar-refractivity contribution < 1.29 is 28.6 Å². The maximum absolute atomic E-state index is 12.9. The molecule has 6 nitrogen and oxygen atoms in total. The molecule has 0 N–H and O–H groups in total. The summed E-state index contributed by atoms with van der Waals surface area (Å²) in [5.74, 6) is -0.889. The van der Waals surface area contributed by atoms with Gasteiger partial charge in [0.25, 0.3) is 0 Å². The van der Waals surface area contributed by atoms with Crippen LogP contribution in [0.15, 0.2) is 48.6 Å². The second kappa shape index (κ2) is 57.0. The van der Waals surface area contributed by atoms with Crippen LogP contribution in [0.25, 0.3) is 0 Å². The molecular formula is C62H112O6. The SMILES string of the molecule is CCCCC/C=C\C=C/CCCCCCCCCCCCC(=O)OCC(COC(=O)CCCCC/C=C\CCCCCCCCC)OC(=O)CCCCCCCCC/C=C\CCCCCCCC. The topological polar surface area (TPSA) is 78.9 Å². The molecule has 0 spiro atoms. The zero-order valence-corrected chi connectivity index (χ0v) is 45.4. The van der Waals surface area contributed by atoms with Crippen LogP contribution in [-0.2, 0) is 28.6 Å². The molecule has 1 unspecified atom stereocenters. The van der Waals surface area contributed by atoms with Crippen molar-refractivity contribution in [2.75, 3.05) is 13.2 Å². The molecule has 6 heteroatoms. The molecular weight excluding hydrogens is 841 g/mol. The Labute approximate surface area is 422 Å². The van der Waals surface area contributed by atoms with Crippen LogP contribution in [0.2, 0.25) is 0 Å². The Morgan fingerprint density at radius 3 is 0.868 bits per heavy atom. The maximum Gasteiger partial charge on any atom is 0.306 e. The molecule has 0 aromatic carbocycles. The molecule has 0 aliphatic carbocycles. The molecule has 0 saturated heterocycles. The van der Waals surface area contributed by atoms with Crippen molar-refractivity contribution in [3.63, 3.8) is 0 Å². The summed E-state index contributed by atoms with van der Waals surface area (Å²) in [6, 6.07) is 0. The monoisotopic (exact) mass is 953 g/mol. The van der Waals surface area contributed by atoms with Gasteiger partial charge in [-0.1, -0.05) is 243 Å². The number of allylic oxidation sites excluding steroid dienone is 8. The first-order chi connectivity index (χ1) is 33.5. The van der Waals surface area contributed by atoms with Gasteiger partial charge in [0.2, 0.25) is 0 Å². The third-order valence-electron chi connectivity index (χ3n) is 13.1. The van der Waals surface area contributed by atoms with Crippen LogP contribution in [0.1, 0.15) is 310 Å². The summed E-state index contributed by atoms with van der Waals surface area (Å²) in [5.41, 5.74) is 0. The first-order valence-corrected chi connectivity index (χ1v) is 29.7. The fourth-order valence-electron chi connectivity index (χ4n) is 8.54. The maximum atomic E-state index is 12.9. The summed E-state index contributed by atoms with van der Waals surface area (Å²) in [5, 5.41) is 0. The van der Waals surface area contributed by atoms with Crippen LogP contribution >= 0.6 is 0 Å². The van der Waals surface area contributed by atoms with Gasteiger partial charge in [-0.05, 0) is 96.3 Å². The van der Waals surface area contributed by atoms with Crippen molar-refractivity contribution >= 4 is 17.9 Å². The summed E-state index contributed by atoms with van der Waals surface area (Å²) in [6.45, 7) is 6.62. The summed E-state index contributed by atoms with van der Waals surface area (Å²) in [7, 11) is 0. The minimum Gasteiger partial charge on any atom is -0.462 e. The van der Waals surface area contributed by atoms with Gasteiger partial charge in [0.15, 0.2) is 6.10 Å². The molecule has 0 aromatic heterocycles.